The van der Waals surface area contributed by atoms with Crippen LogP contribution >= 0.6 is 11.3 Å². The highest BCUT2D eigenvalue weighted by Gasteiger charge is 2.18. The van der Waals surface area contributed by atoms with Crippen molar-refractivity contribution < 1.29 is 14.3 Å². The Balaban J connectivity index is 1.52. The molecule has 0 bridgehead atoms. The van der Waals surface area contributed by atoms with E-state index in [-0.39, 0.29) is 16.8 Å². The number of rotatable bonds is 8. The van der Waals surface area contributed by atoms with Gasteiger partial charge in [0.15, 0.2) is 0 Å². The van der Waals surface area contributed by atoms with Gasteiger partial charge in [-0.2, -0.15) is 0 Å². The van der Waals surface area contributed by atoms with Crippen LogP contribution in [0.4, 0.5) is 5.69 Å². The highest BCUT2D eigenvalue weighted by Crippen LogP contribution is 2.16. The van der Waals surface area contributed by atoms with Crippen molar-refractivity contribution >= 4 is 28.8 Å². The Morgan fingerprint density at radius 3 is 2.93 bits per heavy atom. The minimum absolute atomic E-state index is 0.149. The van der Waals surface area contributed by atoms with Gasteiger partial charge in [0.05, 0.1) is 6.61 Å². The van der Waals surface area contributed by atoms with Gasteiger partial charge in [-0.15, -0.1) is 10.2 Å². The fourth-order valence-corrected chi connectivity index (χ4v) is 4.06. The van der Waals surface area contributed by atoms with Crippen LogP contribution < -0.4 is 10.6 Å². The summed E-state index contributed by atoms with van der Waals surface area (Å²) in [7, 11) is 1.56. The number of aromatic nitrogens is 2. The van der Waals surface area contributed by atoms with Crippen LogP contribution in [0.2, 0.25) is 0 Å². The number of methoxy groups -OCH3 is 1. The van der Waals surface area contributed by atoms with E-state index >= 15 is 0 Å². The Kier molecular flexibility index (Phi) is 7.68. The van der Waals surface area contributed by atoms with Crippen molar-refractivity contribution in [1.82, 2.24) is 20.4 Å². The summed E-state index contributed by atoms with van der Waals surface area (Å²) in [6.07, 6.45) is 3.73. The molecule has 0 radical (unpaired) electrons. The van der Waals surface area contributed by atoms with Crippen molar-refractivity contribution in [3.8, 4) is 0 Å². The topological polar surface area (TPSA) is 96.5 Å². The highest BCUT2D eigenvalue weighted by molar-refractivity contribution is 7.13. The molecule has 9 heteroatoms. The first kappa shape index (κ1) is 21.4. The molecular weight excluding hydrogens is 390 g/mol. The molecule has 1 saturated heterocycles. The molecule has 1 aliphatic rings. The molecule has 2 N–H and O–H groups in total. The number of amides is 2. The van der Waals surface area contributed by atoms with Crippen LogP contribution in [0.25, 0.3) is 0 Å². The highest BCUT2D eigenvalue weighted by atomic mass is 32.1. The fraction of sp³-hybridized carbons (Fsp3) is 0.500. The number of carbonyl (C=O) groups excluding carboxylic acids is 2. The average molecular weight is 418 g/mol. The van der Waals surface area contributed by atoms with Crippen LogP contribution in [-0.2, 0) is 11.3 Å². The molecule has 1 aromatic carbocycles. The van der Waals surface area contributed by atoms with E-state index in [0.29, 0.717) is 35.5 Å². The zero-order valence-corrected chi connectivity index (χ0v) is 17.6. The number of anilines is 1. The molecule has 1 fully saturated rings. The van der Waals surface area contributed by atoms with E-state index in [4.69, 9.17) is 4.74 Å². The number of hydrogen-bond donors (Lipinski definition) is 2. The quantitative estimate of drug-likeness (QED) is 0.685. The molecule has 8 nitrogen and oxygen atoms in total. The molecule has 2 heterocycles. The SMILES string of the molecule is COCc1nnc(C(=O)Nc2cccc(C(=O)NCCN3CCCC[C@@H]3C)c2)s1. The van der Waals surface area contributed by atoms with Gasteiger partial charge < -0.3 is 15.4 Å². The normalized spacial score (nSPS) is 17.1. The molecule has 1 aromatic heterocycles. The number of nitrogens with zero attached hydrogens (tertiary/aromatic N) is 3. The summed E-state index contributed by atoms with van der Waals surface area (Å²) < 4.78 is 4.99. The van der Waals surface area contributed by atoms with E-state index in [1.807, 2.05) is 0 Å². The van der Waals surface area contributed by atoms with Gasteiger partial charge in [-0.3, -0.25) is 14.5 Å². The standard InChI is InChI=1S/C20H27N5O3S/c1-14-6-3-4-10-25(14)11-9-21-18(26)15-7-5-8-16(12-15)22-19(27)20-24-23-17(29-20)13-28-2/h5,7-8,12,14H,3-4,6,9-11,13H2,1-2H3,(H,21,26)(H,22,27)/t14-/m0/s1. The lowest BCUT2D eigenvalue weighted by molar-refractivity contribution is 0.0937. The minimum atomic E-state index is -0.360. The number of nitrogens with one attached hydrogen (secondary N) is 2. The van der Waals surface area contributed by atoms with Crippen LogP contribution in [-0.4, -0.2) is 59.7 Å². The second kappa shape index (κ2) is 10.4. The van der Waals surface area contributed by atoms with Gasteiger partial charge in [0.2, 0.25) is 5.01 Å². The molecule has 2 amide bonds. The van der Waals surface area contributed by atoms with Gasteiger partial charge in [0.1, 0.15) is 5.01 Å². The molecule has 0 aliphatic carbocycles. The molecule has 2 aromatic rings. The summed E-state index contributed by atoms with van der Waals surface area (Å²) in [5, 5.41) is 14.4. The second-order valence-corrected chi connectivity index (χ2v) is 8.17. The summed E-state index contributed by atoms with van der Waals surface area (Å²) in [4.78, 5) is 27.2. The fourth-order valence-electron chi connectivity index (χ4n) is 3.35. The van der Waals surface area contributed by atoms with Gasteiger partial charge in [-0.25, -0.2) is 0 Å². The summed E-state index contributed by atoms with van der Waals surface area (Å²) >= 11 is 1.18. The zero-order chi connectivity index (χ0) is 20.6. The van der Waals surface area contributed by atoms with E-state index in [9.17, 15) is 9.59 Å². The van der Waals surface area contributed by atoms with Crippen LogP contribution in [0.3, 0.4) is 0 Å². The lowest BCUT2D eigenvalue weighted by Crippen LogP contribution is -2.42. The van der Waals surface area contributed by atoms with Crippen LogP contribution in [0.15, 0.2) is 24.3 Å². The Hall–Kier alpha value is -2.36. The Morgan fingerprint density at radius 1 is 1.28 bits per heavy atom. The molecule has 1 aliphatic heterocycles. The van der Waals surface area contributed by atoms with Gasteiger partial charge in [-0.05, 0) is 44.5 Å². The number of ether oxygens (including phenoxy) is 1. The number of hydrogen-bond acceptors (Lipinski definition) is 7. The zero-order valence-electron chi connectivity index (χ0n) is 16.8. The third-order valence-electron chi connectivity index (χ3n) is 4.94. The van der Waals surface area contributed by atoms with Gasteiger partial charge in [0, 0.05) is 37.5 Å². The van der Waals surface area contributed by atoms with Crippen molar-refractivity contribution in [3.05, 3.63) is 39.8 Å². The third-order valence-corrected chi connectivity index (χ3v) is 5.83. The van der Waals surface area contributed by atoms with E-state index < -0.39 is 0 Å². The molecule has 0 unspecified atom stereocenters. The van der Waals surface area contributed by atoms with Crippen LogP contribution in [0, 0.1) is 0 Å². The Labute approximate surface area is 174 Å². The maximum atomic E-state index is 12.5. The van der Waals surface area contributed by atoms with Crippen molar-refractivity contribution in [2.45, 2.75) is 38.8 Å². The number of piperidine rings is 1. The average Bonchev–Trinajstić information content (AvgIpc) is 3.19. The lowest BCUT2D eigenvalue weighted by Gasteiger charge is -2.33. The smallest absolute Gasteiger partial charge is 0.286 e. The predicted molar refractivity (Wildman–Crippen MR) is 112 cm³/mol. The number of benzene rings is 1. The summed E-state index contributed by atoms with van der Waals surface area (Å²) in [5.74, 6) is -0.509. The minimum Gasteiger partial charge on any atom is -0.377 e. The summed E-state index contributed by atoms with van der Waals surface area (Å²) in [5.41, 5.74) is 1.04. The van der Waals surface area contributed by atoms with Crippen molar-refractivity contribution in [3.63, 3.8) is 0 Å². The first-order valence-corrected chi connectivity index (χ1v) is 10.6. The molecule has 156 valence electrons. The maximum absolute atomic E-state index is 12.5. The molecule has 0 spiro atoms. The number of carbonyl (C=O) groups is 2. The van der Waals surface area contributed by atoms with E-state index in [1.165, 1.54) is 30.6 Å². The largest absolute Gasteiger partial charge is 0.377 e. The molecule has 29 heavy (non-hydrogen) atoms. The summed E-state index contributed by atoms with van der Waals surface area (Å²) in [6, 6.07) is 7.45. The van der Waals surface area contributed by atoms with Gasteiger partial charge in [-0.1, -0.05) is 23.8 Å². The van der Waals surface area contributed by atoms with E-state index in [2.05, 4.69) is 32.7 Å². The Bertz CT molecular complexity index is 841. The lowest BCUT2D eigenvalue weighted by atomic mass is 10.0. The van der Waals surface area contributed by atoms with Crippen molar-refractivity contribution in [2.75, 3.05) is 32.1 Å². The Morgan fingerprint density at radius 2 is 2.14 bits per heavy atom. The summed E-state index contributed by atoms with van der Waals surface area (Å²) in [6.45, 7) is 5.10. The molecule has 3 rings (SSSR count). The monoisotopic (exact) mass is 417 g/mol. The van der Waals surface area contributed by atoms with E-state index in [1.54, 1.807) is 31.4 Å². The third kappa shape index (κ3) is 6.06. The van der Waals surface area contributed by atoms with Crippen molar-refractivity contribution in [2.24, 2.45) is 0 Å². The predicted octanol–water partition coefficient (Wildman–Crippen LogP) is 2.54. The molecule has 1 atom stereocenters. The van der Waals surface area contributed by atoms with Crippen LogP contribution in [0.1, 0.15) is 51.4 Å². The van der Waals surface area contributed by atoms with Gasteiger partial charge in [0.25, 0.3) is 11.8 Å². The molecule has 0 saturated carbocycles. The van der Waals surface area contributed by atoms with Crippen molar-refractivity contribution in [1.29, 1.82) is 0 Å². The van der Waals surface area contributed by atoms with Crippen LogP contribution in [0.5, 0.6) is 0 Å². The maximum Gasteiger partial charge on any atom is 0.286 e. The van der Waals surface area contributed by atoms with Gasteiger partial charge >= 0.3 is 0 Å². The molecular formula is C20H27N5O3S. The first-order valence-electron chi connectivity index (χ1n) is 9.82. The first-order chi connectivity index (χ1) is 14.1. The number of likely N-dealkylation sites (tertiary alicyclic amines) is 1. The second-order valence-electron chi connectivity index (χ2n) is 7.11. The van der Waals surface area contributed by atoms with E-state index in [0.717, 1.165) is 13.1 Å².